The minimum Gasteiger partial charge on any atom is -0.489 e. The molecule has 1 aliphatic carbocycles. The lowest BCUT2D eigenvalue weighted by molar-refractivity contribution is -0.136. The Morgan fingerprint density at radius 1 is 1.03 bits per heavy atom. The number of aromatic nitrogens is 2. The maximum absolute atomic E-state index is 13.0. The van der Waals surface area contributed by atoms with Gasteiger partial charge in [-0.15, -0.1) is 0 Å². The van der Waals surface area contributed by atoms with Gasteiger partial charge >= 0.3 is 0 Å². The number of carbonyl (C=O) groups excluding carboxylic acids is 3. The summed E-state index contributed by atoms with van der Waals surface area (Å²) in [7, 11) is 0. The number of piperidine rings is 1. The molecule has 0 radical (unpaired) electrons. The zero-order valence-electron chi connectivity index (χ0n) is 19.9. The van der Waals surface area contributed by atoms with Crippen molar-refractivity contribution >= 4 is 33.7 Å². The molecule has 6 rings (SSSR count). The highest BCUT2D eigenvalue weighted by Crippen LogP contribution is 2.36. The molecule has 3 amide bonds. The molecule has 0 spiro atoms. The zero-order chi connectivity index (χ0) is 24.8. The van der Waals surface area contributed by atoms with Gasteiger partial charge in [-0.05, 0) is 65.4 Å². The van der Waals surface area contributed by atoms with Crippen LogP contribution in [0.25, 0.3) is 0 Å². The fourth-order valence-corrected chi connectivity index (χ4v) is 6.12. The Balaban J connectivity index is 1.11. The number of hydrogen-bond acceptors (Lipinski definition) is 7. The van der Waals surface area contributed by atoms with Crippen LogP contribution in [0.3, 0.4) is 0 Å². The number of likely N-dealkylation sites (tertiary alicyclic amines) is 1. The number of amides is 3. The molecule has 3 fully saturated rings. The molecule has 188 valence electrons. The van der Waals surface area contributed by atoms with Crippen molar-refractivity contribution in [3.63, 3.8) is 0 Å². The SMILES string of the molecule is O=C1CCC(N2Cc3cc(O[C@H]4CCCCC4N4CC(c5ncc(Br)cn5)C4)ccc3C2=O)C(=O)N1. The number of hydrogen-bond donors (Lipinski definition) is 1. The highest BCUT2D eigenvalue weighted by atomic mass is 79.9. The van der Waals surface area contributed by atoms with E-state index in [0.29, 0.717) is 30.5 Å². The van der Waals surface area contributed by atoms with E-state index in [1.807, 2.05) is 12.1 Å². The maximum Gasteiger partial charge on any atom is 0.255 e. The van der Waals surface area contributed by atoms with Gasteiger partial charge in [0.05, 0.1) is 4.47 Å². The van der Waals surface area contributed by atoms with Gasteiger partial charge in [-0.25, -0.2) is 9.97 Å². The Morgan fingerprint density at radius 2 is 1.81 bits per heavy atom. The van der Waals surface area contributed by atoms with Crippen LogP contribution in [0, 0.1) is 0 Å². The van der Waals surface area contributed by atoms with E-state index in [9.17, 15) is 14.4 Å². The minimum absolute atomic E-state index is 0.0897. The number of imide groups is 1. The molecule has 36 heavy (non-hydrogen) atoms. The Morgan fingerprint density at radius 3 is 2.58 bits per heavy atom. The number of fused-ring (bicyclic) bond motifs is 1. The summed E-state index contributed by atoms with van der Waals surface area (Å²) in [5, 5.41) is 2.35. The van der Waals surface area contributed by atoms with E-state index in [0.717, 1.165) is 54.0 Å². The van der Waals surface area contributed by atoms with Gasteiger partial charge < -0.3 is 9.64 Å². The summed E-state index contributed by atoms with van der Waals surface area (Å²) in [6, 6.07) is 5.36. The second-order valence-corrected chi connectivity index (χ2v) is 11.1. The van der Waals surface area contributed by atoms with Gasteiger partial charge in [-0.2, -0.15) is 0 Å². The number of nitrogens with one attached hydrogen (secondary N) is 1. The second kappa shape index (κ2) is 9.55. The molecule has 3 atom stereocenters. The van der Waals surface area contributed by atoms with Crippen molar-refractivity contribution in [2.75, 3.05) is 13.1 Å². The first-order valence-corrected chi connectivity index (χ1v) is 13.4. The van der Waals surface area contributed by atoms with Crippen molar-refractivity contribution < 1.29 is 19.1 Å². The lowest BCUT2D eigenvalue weighted by atomic mass is 9.86. The normalized spacial score (nSPS) is 27.0. The summed E-state index contributed by atoms with van der Waals surface area (Å²) < 4.78 is 7.41. The van der Waals surface area contributed by atoms with E-state index in [-0.39, 0.29) is 24.3 Å². The third-order valence-corrected chi connectivity index (χ3v) is 8.24. The first-order chi connectivity index (χ1) is 17.5. The molecule has 4 heterocycles. The van der Waals surface area contributed by atoms with Crippen molar-refractivity contribution in [3.05, 3.63) is 52.0 Å². The molecule has 2 unspecified atom stereocenters. The number of carbonyl (C=O) groups is 3. The van der Waals surface area contributed by atoms with Gasteiger partial charge in [0.25, 0.3) is 5.91 Å². The Hall–Kier alpha value is -2.85. The van der Waals surface area contributed by atoms with Gasteiger partial charge in [0.2, 0.25) is 11.8 Å². The molecular formula is C26H28BrN5O4. The third-order valence-electron chi connectivity index (χ3n) is 7.83. The molecular weight excluding hydrogens is 526 g/mol. The van der Waals surface area contributed by atoms with Crippen LogP contribution in [0.15, 0.2) is 35.1 Å². The molecule has 2 aromatic rings. The Kier molecular flexibility index (Phi) is 6.25. The highest BCUT2D eigenvalue weighted by Gasteiger charge is 2.41. The zero-order valence-corrected chi connectivity index (χ0v) is 21.4. The Labute approximate surface area is 217 Å². The number of rotatable bonds is 5. The standard InChI is InChI=1S/C26H28BrN5O4/c27-17-10-28-24(29-11-17)16-12-31(13-16)20-3-1-2-4-22(20)36-18-5-6-19-15(9-18)14-32(26(19)35)21-7-8-23(33)30-25(21)34/h5-6,9-11,16,20-22H,1-4,7-8,12-14H2,(H,30,33,34)/t20?,21?,22-/m0/s1. The molecule has 1 saturated carbocycles. The van der Waals surface area contributed by atoms with E-state index in [1.54, 1.807) is 23.4 Å². The maximum atomic E-state index is 13.0. The summed E-state index contributed by atoms with van der Waals surface area (Å²) in [6.45, 7) is 2.23. The van der Waals surface area contributed by atoms with E-state index in [1.165, 1.54) is 6.42 Å². The van der Waals surface area contributed by atoms with Gasteiger partial charge in [0, 0.05) is 56.0 Å². The molecule has 9 nitrogen and oxygen atoms in total. The van der Waals surface area contributed by atoms with Gasteiger partial charge in [-0.3, -0.25) is 24.6 Å². The van der Waals surface area contributed by atoms with Crippen molar-refractivity contribution in [2.24, 2.45) is 0 Å². The van der Waals surface area contributed by atoms with Crippen LogP contribution in [0.1, 0.15) is 66.2 Å². The molecule has 1 aromatic carbocycles. The van der Waals surface area contributed by atoms with Crippen molar-refractivity contribution in [2.45, 2.75) is 69.2 Å². The largest absolute Gasteiger partial charge is 0.489 e. The second-order valence-electron chi connectivity index (χ2n) is 10.1. The first-order valence-electron chi connectivity index (χ1n) is 12.6. The molecule has 2 saturated heterocycles. The predicted molar refractivity (Wildman–Crippen MR) is 133 cm³/mol. The van der Waals surface area contributed by atoms with Gasteiger partial charge in [0.15, 0.2) is 0 Å². The van der Waals surface area contributed by atoms with E-state index in [2.05, 4.69) is 36.1 Å². The molecule has 4 aliphatic rings. The minimum atomic E-state index is -0.608. The summed E-state index contributed by atoms with van der Waals surface area (Å²) in [6.07, 6.45) is 8.74. The topological polar surface area (TPSA) is 105 Å². The van der Waals surface area contributed by atoms with Crippen molar-refractivity contribution in [3.8, 4) is 5.75 Å². The average molecular weight is 554 g/mol. The lowest BCUT2D eigenvalue weighted by Crippen LogP contribution is -2.57. The molecule has 10 heteroatoms. The molecule has 1 N–H and O–H groups in total. The van der Waals surface area contributed by atoms with E-state index in [4.69, 9.17) is 4.74 Å². The summed E-state index contributed by atoms with van der Waals surface area (Å²) in [5.74, 6) is 1.17. The fourth-order valence-electron chi connectivity index (χ4n) is 5.91. The number of halogens is 1. The van der Waals surface area contributed by atoms with E-state index < -0.39 is 11.9 Å². The molecule has 3 aliphatic heterocycles. The van der Waals surface area contributed by atoms with Crippen LogP contribution >= 0.6 is 15.9 Å². The fraction of sp³-hybridized carbons (Fsp3) is 0.500. The molecule has 1 aromatic heterocycles. The summed E-state index contributed by atoms with van der Waals surface area (Å²) in [4.78, 5) is 49.8. The van der Waals surface area contributed by atoms with Crippen LogP contribution in [-0.2, 0) is 16.1 Å². The quantitative estimate of drug-likeness (QED) is 0.567. The van der Waals surface area contributed by atoms with Crippen LogP contribution < -0.4 is 10.1 Å². The number of nitrogens with zero attached hydrogens (tertiary/aromatic N) is 4. The number of benzene rings is 1. The van der Waals surface area contributed by atoms with Crippen LogP contribution in [0.4, 0.5) is 0 Å². The third kappa shape index (κ3) is 4.41. The number of ether oxygens (including phenoxy) is 1. The van der Waals surface area contributed by atoms with Crippen LogP contribution in [0.5, 0.6) is 5.75 Å². The van der Waals surface area contributed by atoms with Gasteiger partial charge in [0.1, 0.15) is 23.7 Å². The van der Waals surface area contributed by atoms with E-state index >= 15 is 0 Å². The van der Waals surface area contributed by atoms with Gasteiger partial charge in [-0.1, -0.05) is 6.42 Å². The van der Waals surface area contributed by atoms with Crippen molar-refractivity contribution in [1.29, 1.82) is 0 Å². The lowest BCUT2D eigenvalue weighted by Gasteiger charge is -2.47. The van der Waals surface area contributed by atoms with Crippen LogP contribution in [-0.4, -0.2) is 68.8 Å². The summed E-state index contributed by atoms with van der Waals surface area (Å²) in [5.41, 5.74) is 1.47. The van der Waals surface area contributed by atoms with Crippen LogP contribution in [0.2, 0.25) is 0 Å². The first kappa shape index (κ1) is 23.5. The summed E-state index contributed by atoms with van der Waals surface area (Å²) >= 11 is 3.40. The average Bonchev–Trinajstić information content (AvgIpc) is 3.16. The predicted octanol–water partition coefficient (Wildman–Crippen LogP) is 2.79. The molecule has 0 bridgehead atoms. The van der Waals surface area contributed by atoms with Crippen molar-refractivity contribution in [1.82, 2.24) is 25.1 Å². The Bertz CT molecular complexity index is 1200. The monoisotopic (exact) mass is 553 g/mol. The smallest absolute Gasteiger partial charge is 0.255 e. The highest BCUT2D eigenvalue weighted by molar-refractivity contribution is 9.10.